The van der Waals surface area contributed by atoms with Crippen LogP contribution >= 0.6 is 0 Å². The van der Waals surface area contributed by atoms with Gasteiger partial charge in [-0.25, -0.2) is 0 Å². The molecule has 0 aromatic heterocycles. The van der Waals surface area contributed by atoms with Crippen LogP contribution in [0.3, 0.4) is 0 Å². The van der Waals surface area contributed by atoms with Crippen LogP contribution in [0.1, 0.15) is 10.4 Å². The van der Waals surface area contributed by atoms with E-state index in [1.807, 2.05) is 18.2 Å². The monoisotopic (exact) mass is 286 g/mol. The standard InChI is InChI=1S/C16H18N2O3/c1-18(14-6-4-5-7-15(14)21-3)16(19)12-10-11(20-2)8-9-13(12)17/h4-10H,17H2,1-3H3. The second kappa shape index (κ2) is 6.17. The number of benzene rings is 2. The number of para-hydroxylation sites is 2. The first-order valence-electron chi connectivity index (χ1n) is 6.43. The number of hydrogen-bond acceptors (Lipinski definition) is 4. The lowest BCUT2D eigenvalue weighted by atomic mass is 10.1. The first kappa shape index (κ1) is 14.7. The Balaban J connectivity index is 2.39. The molecule has 0 radical (unpaired) electrons. The maximum atomic E-state index is 12.6. The van der Waals surface area contributed by atoms with Crippen molar-refractivity contribution in [3.63, 3.8) is 0 Å². The van der Waals surface area contributed by atoms with Crippen LogP contribution in [0.2, 0.25) is 0 Å². The average molecular weight is 286 g/mol. The molecule has 21 heavy (non-hydrogen) atoms. The van der Waals surface area contributed by atoms with E-state index in [1.54, 1.807) is 45.5 Å². The quantitative estimate of drug-likeness (QED) is 0.877. The van der Waals surface area contributed by atoms with E-state index in [9.17, 15) is 4.79 Å². The Morgan fingerprint density at radius 3 is 2.48 bits per heavy atom. The highest BCUT2D eigenvalue weighted by Gasteiger charge is 2.19. The van der Waals surface area contributed by atoms with Crippen molar-refractivity contribution in [3.05, 3.63) is 48.0 Å². The molecule has 0 saturated heterocycles. The van der Waals surface area contributed by atoms with E-state index in [2.05, 4.69) is 0 Å². The summed E-state index contributed by atoms with van der Waals surface area (Å²) >= 11 is 0. The first-order valence-corrected chi connectivity index (χ1v) is 6.43. The van der Waals surface area contributed by atoms with E-state index in [4.69, 9.17) is 15.2 Å². The predicted octanol–water partition coefficient (Wildman–Crippen LogP) is 2.56. The van der Waals surface area contributed by atoms with Crippen LogP contribution in [0.15, 0.2) is 42.5 Å². The SMILES string of the molecule is COc1ccc(N)c(C(=O)N(C)c2ccccc2OC)c1. The average Bonchev–Trinajstić information content (AvgIpc) is 2.54. The zero-order chi connectivity index (χ0) is 15.4. The molecule has 0 spiro atoms. The lowest BCUT2D eigenvalue weighted by Crippen LogP contribution is -2.27. The van der Waals surface area contributed by atoms with E-state index in [-0.39, 0.29) is 5.91 Å². The van der Waals surface area contributed by atoms with E-state index in [0.717, 1.165) is 0 Å². The zero-order valence-corrected chi connectivity index (χ0v) is 12.3. The van der Waals surface area contributed by atoms with Gasteiger partial charge in [-0.3, -0.25) is 4.79 Å². The molecule has 0 aliphatic carbocycles. The summed E-state index contributed by atoms with van der Waals surface area (Å²) < 4.78 is 10.4. The Morgan fingerprint density at radius 2 is 1.81 bits per heavy atom. The highest BCUT2D eigenvalue weighted by Crippen LogP contribution is 2.29. The summed E-state index contributed by atoms with van der Waals surface area (Å²) in [6.07, 6.45) is 0. The molecule has 0 atom stereocenters. The minimum atomic E-state index is -0.226. The van der Waals surface area contributed by atoms with Crippen molar-refractivity contribution in [2.75, 3.05) is 31.9 Å². The molecule has 2 rings (SSSR count). The third kappa shape index (κ3) is 2.91. The fourth-order valence-electron chi connectivity index (χ4n) is 2.04. The first-order chi connectivity index (χ1) is 10.1. The lowest BCUT2D eigenvalue weighted by molar-refractivity contribution is 0.0993. The number of amides is 1. The molecule has 0 fully saturated rings. The van der Waals surface area contributed by atoms with Crippen LogP contribution in [0.25, 0.3) is 0 Å². The van der Waals surface area contributed by atoms with E-state index < -0.39 is 0 Å². The maximum Gasteiger partial charge on any atom is 0.260 e. The maximum absolute atomic E-state index is 12.6. The number of rotatable bonds is 4. The summed E-state index contributed by atoms with van der Waals surface area (Å²) in [6, 6.07) is 12.3. The molecular formula is C16H18N2O3. The second-order valence-electron chi connectivity index (χ2n) is 4.49. The highest BCUT2D eigenvalue weighted by molar-refractivity contribution is 6.09. The smallest absolute Gasteiger partial charge is 0.260 e. The van der Waals surface area contributed by atoms with Gasteiger partial charge in [0.15, 0.2) is 0 Å². The predicted molar refractivity (Wildman–Crippen MR) is 83.1 cm³/mol. The summed E-state index contributed by atoms with van der Waals surface area (Å²) in [5.74, 6) is 0.978. The number of carbonyl (C=O) groups is 1. The van der Waals surface area contributed by atoms with Crippen LogP contribution in [0.4, 0.5) is 11.4 Å². The molecule has 5 nitrogen and oxygen atoms in total. The number of anilines is 2. The molecule has 0 unspecified atom stereocenters. The van der Waals surface area contributed by atoms with Crippen molar-refractivity contribution < 1.29 is 14.3 Å². The molecule has 0 bridgehead atoms. The number of nitrogens with two attached hydrogens (primary N) is 1. The van der Waals surface area contributed by atoms with Gasteiger partial charge >= 0.3 is 0 Å². The van der Waals surface area contributed by atoms with Crippen LogP contribution in [0, 0.1) is 0 Å². The van der Waals surface area contributed by atoms with Crippen molar-refractivity contribution in [2.24, 2.45) is 0 Å². The van der Waals surface area contributed by atoms with Gasteiger partial charge in [-0.2, -0.15) is 0 Å². The normalized spacial score (nSPS) is 10.0. The van der Waals surface area contributed by atoms with Gasteiger partial charge in [0.1, 0.15) is 11.5 Å². The van der Waals surface area contributed by atoms with Gasteiger partial charge < -0.3 is 20.1 Å². The third-order valence-corrected chi connectivity index (χ3v) is 3.24. The van der Waals surface area contributed by atoms with E-state index in [0.29, 0.717) is 28.4 Å². The molecule has 110 valence electrons. The van der Waals surface area contributed by atoms with Gasteiger partial charge in [0, 0.05) is 12.7 Å². The number of ether oxygens (including phenoxy) is 2. The van der Waals surface area contributed by atoms with Crippen LogP contribution in [-0.2, 0) is 0 Å². The summed E-state index contributed by atoms with van der Waals surface area (Å²) in [5, 5.41) is 0. The largest absolute Gasteiger partial charge is 0.497 e. The fourth-order valence-corrected chi connectivity index (χ4v) is 2.04. The Hall–Kier alpha value is -2.69. The number of methoxy groups -OCH3 is 2. The summed E-state index contributed by atoms with van der Waals surface area (Å²) in [4.78, 5) is 14.1. The van der Waals surface area contributed by atoms with Crippen LogP contribution in [-0.4, -0.2) is 27.2 Å². The summed E-state index contributed by atoms with van der Waals surface area (Å²) in [6.45, 7) is 0. The summed E-state index contributed by atoms with van der Waals surface area (Å²) in [5.41, 5.74) is 7.37. The van der Waals surface area contributed by atoms with Crippen molar-refractivity contribution in [1.29, 1.82) is 0 Å². The minimum Gasteiger partial charge on any atom is -0.497 e. The molecule has 0 saturated carbocycles. The number of hydrogen-bond donors (Lipinski definition) is 1. The van der Waals surface area contributed by atoms with Crippen molar-refractivity contribution >= 4 is 17.3 Å². The number of nitrogens with zero attached hydrogens (tertiary/aromatic N) is 1. The molecule has 0 heterocycles. The molecule has 1 amide bonds. The molecule has 2 N–H and O–H groups in total. The molecule has 2 aromatic carbocycles. The topological polar surface area (TPSA) is 64.8 Å². The Bertz CT molecular complexity index is 656. The zero-order valence-electron chi connectivity index (χ0n) is 12.3. The second-order valence-corrected chi connectivity index (χ2v) is 4.49. The van der Waals surface area contributed by atoms with Gasteiger partial charge in [-0.1, -0.05) is 12.1 Å². The van der Waals surface area contributed by atoms with Gasteiger partial charge in [-0.05, 0) is 30.3 Å². The summed E-state index contributed by atoms with van der Waals surface area (Å²) in [7, 11) is 4.79. The van der Waals surface area contributed by atoms with E-state index in [1.165, 1.54) is 4.90 Å². The van der Waals surface area contributed by atoms with Gasteiger partial charge in [-0.15, -0.1) is 0 Å². The Kier molecular flexibility index (Phi) is 4.33. The highest BCUT2D eigenvalue weighted by atomic mass is 16.5. The Morgan fingerprint density at radius 1 is 1.10 bits per heavy atom. The van der Waals surface area contributed by atoms with E-state index >= 15 is 0 Å². The number of nitrogen functional groups attached to an aromatic ring is 1. The molecule has 0 aliphatic rings. The van der Waals surface area contributed by atoms with Gasteiger partial charge in [0.25, 0.3) is 5.91 Å². The molecule has 0 aliphatic heterocycles. The van der Waals surface area contributed by atoms with Crippen LogP contribution < -0.4 is 20.1 Å². The van der Waals surface area contributed by atoms with Crippen LogP contribution in [0.5, 0.6) is 11.5 Å². The van der Waals surface area contributed by atoms with Crippen molar-refractivity contribution in [3.8, 4) is 11.5 Å². The third-order valence-electron chi connectivity index (χ3n) is 3.24. The van der Waals surface area contributed by atoms with Crippen molar-refractivity contribution in [2.45, 2.75) is 0 Å². The van der Waals surface area contributed by atoms with Gasteiger partial charge in [0.05, 0.1) is 25.5 Å². The fraction of sp³-hybridized carbons (Fsp3) is 0.188. The van der Waals surface area contributed by atoms with Crippen molar-refractivity contribution in [1.82, 2.24) is 0 Å². The minimum absolute atomic E-state index is 0.226. The number of carbonyl (C=O) groups excluding carboxylic acids is 1. The lowest BCUT2D eigenvalue weighted by Gasteiger charge is -2.21. The van der Waals surface area contributed by atoms with Gasteiger partial charge in [0.2, 0.25) is 0 Å². The molecular weight excluding hydrogens is 268 g/mol. The Labute approximate surface area is 123 Å². The molecule has 5 heteroatoms. The molecule has 2 aromatic rings.